The molecule has 3 aliphatic heterocycles. The third kappa shape index (κ3) is 3.98. The van der Waals surface area contributed by atoms with Crippen molar-refractivity contribution in [3.63, 3.8) is 0 Å². The Morgan fingerprint density at radius 2 is 1.66 bits per heavy atom. The number of aliphatic hydroxyl groups excluding tert-OH is 2. The Morgan fingerprint density at radius 3 is 2.31 bits per heavy atom. The van der Waals surface area contributed by atoms with Gasteiger partial charge in [0.25, 0.3) is 5.91 Å². The van der Waals surface area contributed by atoms with Crippen LogP contribution in [0.1, 0.15) is 34.3 Å². The molecule has 1 aromatic carbocycles. The Balaban J connectivity index is 1.14. The molecule has 170 valence electrons. The number of aromatic nitrogens is 2. The molecule has 0 aliphatic carbocycles. The minimum absolute atomic E-state index is 0.0114. The molecule has 1 amide bonds. The molecule has 0 unspecified atom stereocenters. The van der Waals surface area contributed by atoms with Gasteiger partial charge in [-0.1, -0.05) is 24.3 Å². The van der Waals surface area contributed by atoms with Gasteiger partial charge in [-0.25, -0.2) is 9.97 Å². The van der Waals surface area contributed by atoms with Crippen molar-refractivity contribution >= 4 is 11.9 Å². The predicted molar refractivity (Wildman–Crippen MR) is 120 cm³/mol. The average Bonchev–Trinajstić information content (AvgIpc) is 2.84. The first-order valence-electron chi connectivity index (χ1n) is 11.5. The van der Waals surface area contributed by atoms with Crippen molar-refractivity contribution in [3.05, 3.63) is 53.3 Å². The van der Waals surface area contributed by atoms with E-state index in [0.717, 1.165) is 45.4 Å². The number of anilines is 1. The Kier molecular flexibility index (Phi) is 5.84. The summed E-state index contributed by atoms with van der Waals surface area (Å²) in [5.41, 5.74) is 2.94. The number of likely N-dealkylation sites (tertiary alicyclic amines) is 1. The third-order valence-electron chi connectivity index (χ3n) is 7.32. The van der Waals surface area contributed by atoms with Gasteiger partial charge in [-0.15, -0.1) is 0 Å². The zero-order chi connectivity index (χ0) is 22.1. The molecule has 0 radical (unpaired) electrons. The molecule has 5 rings (SSSR count). The molecular formula is C24H31N5O3. The van der Waals surface area contributed by atoms with Crippen molar-refractivity contribution < 1.29 is 15.0 Å². The van der Waals surface area contributed by atoms with Gasteiger partial charge >= 0.3 is 0 Å². The van der Waals surface area contributed by atoms with E-state index >= 15 is 0 Å². The molecule has 0 atom stereocenters. The summed E-state index contributed by atoms with van der Waals surface area (Å²) in [5.74, 6) is 0.519. The molecule has 3 aliphatic rings. The van der Waals surface area contributed by atoms with Crippen LogP contribution in [0.4, 0.5) is 5.95 Å². The molecule has 0 bridgehead atoms. The van der Waals surface area contributed by atoms with Gasteiger partial charge in [0.05, 0.1) is 24.2 Å². The Hall–Kier alpha value is -2.55. The van der Waals surface area contributed by atoms with Crippen LogP contribution in [0.2, 0.25) is 0 Å². The number of fused-ring (bicyclic) bond motifs is 1. The number of carbonyl (C=O) groups is 1. The van der Waals surface area contributed by atoms with Crippen molar-refractivity contribution in [1.82, 2.24) is 19.8 Å². The molecule has 2 aromatic rings. The number of aliphatic hydroxyl groups is 2. The monoisotopic (exact) mass is 437 g/mol. The maximum atomic E-state index is 13.0. The number of hydrogen-bond acceptors (Lipinski definition) is 7. The van der Waals surface area contributed by atoms with E-state index in [1.165, 1.54) is 11.1 Å². The fourth-order valence-corrected chi connectivity index (χ4v) is 5.20. The summed E-state index contributed by atoms with van der Waals surface area (Å²) in [6.45, 7) is 4.52. The highest BCUT2D eigenvalue weighted by Crippen LogP contribution is 2.32. The van der Waals surface area contributed by atoms with Gasteiger partial charge in [-0.2, -0.15) is 0 Å². The van der Waals surface area contributed by atoms with E-state index in [1.807, 2.05) is 9.80 Å². The second-order valence-corrected chi connectivity index (χ2v) is 9.46. The maximum Gasteiger partial charge on any atom is 0.256 e. The molecule has 8 nitrogen and oxygen atoms in total. The van der Waals surface area contributed by atoms with E-state index in [0.29, 0.717) is 30.6 Å². The number of carbonyl (C=O) groups excluding carboxylic acids is 1. The van der Waals surface area contributed by atoms with Crippen LogP contribution in [-0.2, 0) is 13.0 Å². The molecule has 0 spiro atoms. The van der Waals surface area contributed by atoms with E-state index < -0.39 is 5.41 Å². The summed E-state index contributed by atoms with van der Waals surface area (Å²) >= 11 is 0. The topological polar surface area (TPSA) is 93.0 Å². The fraction of sp³-hybridized carbons (Fsp3) is 0.542. The summed E-state index contributed by atoms with van der Waals surface area (Å²) in [6, 6.07) is 9.23. The van der Waals surface area contributed by atoms with Gasteiger partial charge in [-0.05, 0) is 30.4 Å². The lowest BCUT2D eigenvalue weighted by atomic mass is 9.82. The number of nitrogens with zero attached hydrogens (tertiary/aromatic N) is 5. The summed E-state index contributed by atoms with van der Waals surface area (Å²) in [4.78, 5) is 28.1. The van der Waals surface area contributed by atoms with Gasteiger partial charge in [0.1, 0.15) is 0 Å². The summed E-state index contributed by atoms with van der Waals surface area (Å²) in [6.07, 6.45) is 6.27. The highest BCUT2D eigenvalue weighted by molar-refractivity contribution is 5.93. The maximum absolute atomic E-state index is 13.0. The Labute approximate surface area is 188 Å². The molecule has 4 heterocycles. The average molecular weight is 438 g/mol. The molecule has 8 heteroatoms. The van der Waals surface area contributed by atoms with E-state index in [1.54, 1.807) is 12.4 Å². The quantitative estimate of drug-likeness (QED) is 0.719. The predicted octanol–water partition coefficient (Wildman–Crippen LogP) is 0.931. The zero-order valence-electron chi connectivity index (χ0n) is 18.4. The number of piperidine rings is 1. The third-order valence-corrected chi connectivity index (χ3v) is 7.32. The van der Waals surface area contributed by atoms with Crippen molar-refractivity contribution in [2.45, 2.75) is 31.8 Å². The summed E-state index contributed by atoms with van der Waals surface area (Å²) in [7, 11) is 0. The Morgan fingerprint density at radius 1 is 1.00 bits per heavy atom. The van der Waals surface area contributed by atoms with Crippen molar-refractivity contribution in [2.75, 3.05) is 50.8 Å². The van der Waals surface area contributed by atoms with Crippen LogP contribution < -0.4 is 4.90 Å². The van der Waals surface area contributed by atoms with Gasteiger partial charge < -0.3 is 20.0 Å². The first-order chi connectivity index (χ1) is 15.6. The fourth-order valence-electron chi connectivity index (χ4n) is 5.20. The number of rotatable bonds is 5. The van der Waals surface area contributed by atoms with Gasteiger partial charge in [0.2, 0.25) is 5.95 Å². The second kappa shape index (κ2) is 8.77. The highest BCUT2D eigenvalue weighted by Gasteiger charge is 2.43. The first-order valence-corrected chi connectivity index (χ1v) is 11.5. The lowest BCUT2D eigenvalue weighted by Crippen LogP contribution is -2.61. The van der Waals surface area contributed by atoms with Crippen molar-refractivity contribution in [2.24, 2.45) is 5.41 Å². The molecule has 32 heavy (non-hydrogen) atoms. The van der Waals surface area contributed by atoms with Crippen molar-refractivity contribution in [3.8, 4) is 0 Å². The standard InChI is InChI=1S/C24H31N5O3/c30-16-24(17-31)14-29(15-24)23-25-11-20(12-26-23)22(32)27-9-6-21(7-10-27)28-8-5-18-3-1-2-4-19(18)13-28/h1-4,11-12,21,30-31H,5-10,13-17H2. The smallest absolute Gasteiger partial charge is 0.256 e. The normalized spacial score (nSPS) is 21.2. The van der Waals surface area contributed by atoms with Gasteiger partial charge in [0.15, 0.2) is 0 Å². The van der Waals surface area contributed by atoms with E-state index in [4.69, 9.17) is 0 Å². The molecule has 2 saturated heterocycles. The van der Waals surface area contributed by atoms with E-state index in [2.05, 4.69) is 39.1 Å². The molecule has 1 aromatic heterocycles. The zero-order valence-corrected chi connectivity index (χ0v) is 18.4. The largest absolute Gasteiger partial charge is 0.396 e. The highest BCUT2D eigenvalue weighted by atomic mass is 16.3. The molecule has 2 N–H and O–H groups in total. The number of benzene rings is 1. The SMILES string of the molecule is O=C(c1cnc(N2CC(CO)(CO)C2)nc1)N1CCC(N2CCc3ccccc3C2)CC1. The summed E-state index contributed by atoms with van der Waals surface area (Å²) in [5, 5.41) is 18.9. The van der Waals surface area contributed by atoms with Crippen molar-refractivity contribution in [1.29, 1.82) is 0 Å². The van der Waals surface area contributed by atoms with Gasteiger partial charge in [-0.3, -0.25) is 9.69 Å². The van der Waals surface area contributed by atoms with E-state index in [-0.39, 0.29) is 19.1 Å². The van der Waals surface area contributed by atoms with Crippen LogP contribution in [-0.4, -0.2) is 87.9 Å². The number of hydrogen-bond donors (Lipinski definition) is 2. The lowest BCUT2D eigenvalue weighted by molar-refractivity contribution is 0.0297. The van der Waals surface area contributed by atoms with Crippen LogP contribution in [0.25, 0.3) is 0 Å². The molecule has 2 fully saturated rings. The summed E-state index contributed by atoms with van der Waals surface area (Å²) < 4.78 is 0. The van der Waals surface area contributed by atoms with Crippen LogP contribution in [0.3, 0.4) is 0 Å². The molecular weight excluding hydrogens is 406 g/mol. The van der Waals surface area contributed by atoms with Crippen LogP contribution in [0.15, 0.2) is 36.7 Å². The molecule has 0 saturated carbocycles. The minimum Gasteiger partial charge on any atom is -0.396 e. The van der Waals surface area contributed by atoms with Crippen LogP contribution in [0.5, 0.6) is 0 Å². The van der Waals surface area contributed by atoms with E-state index in [9.17, 15) is 15.0 Å². The Bertz CT molecular complexity index is 946. The minimum atomic E-state index is -0.474. The second-order valence-electron chi connectivity index (χ2n) is 9.46. The number of amides is 1. The lowest BCUT2D eigenvalue weighted by Gasteiger charge is -2.48. The van der Waals surface area contributed by atoms with Crippen LogP contribution >= 0.6 is 0 Å². The first kappa shape index (κ1) is 21.3. The van der Waals surface area contributed by atoms with Crippen LogP contribution in [0, 0.1) is 5.41 Å². The van der Waals surface area contributed by atoms with Gasteiger partial charge in [0, 0.05) is 57.7 Å².